The lowest BCUT2D eigenvalue weighted by molar-refractivity contribution is 0.100. The number of carbonyl (C=O) groups is 1. The third kappa shape index (κ3) is 1.76. The molecule has 0 radical (unpaired) electrons. The van der Waals surface area contributed by atoms with E-state index >= 15 is 0 Å². The van der Waals surface area contributed by atoms with Gasteiger partial charge in [-0.1, -0.05) is 26.0 Å². The van der Waals surface area contributed by atoms with Crippen LogP contribution in [0.4, 0.5) is 0 Å². The molecule has 1 amide bonds. The molecule has 0 atom stereocenters. The minimum atomic E-state index is -0.431. The van der Waals surface area contributed by atoms with Gasteiger partial charge in [-0.3, -0.25) is 9.78 Å². The number of pyridine rings is 1. The van der Waals surface area contributed by atoms with Crippen molar-refractivity contribution in [3.05, 3.63) is 41.7 Å². The second kappa shape index (κ2) is 3.93. The fraction of sp³-hybridized carbons (Fsp3) is 0.231. The molecule has 2 aromatic rings. The predicted molar refractivity (Wildman–Crippen MR) is 64.3 cm³/mol. The largest absolute Gasteiger partial charge is 0.366 e. The zero-order chi connectivity index (χ0) is 11.7. The maximum atomic E-state index is 11.3. The molecule has 1 heterocycles. The number of primary amides is 1. The van der Waals surface area contributed by atoms with E-state index in [9.17, 15) is 4.79 Å². The van der Waals surface area contributed by atoms with Crippen molar-refractivity contribution in [2.75, 3.05) is 0 Å². The Hall–Kier alpha value is -1.90. The molecule has 0 fully saturated rings. The molecule has 0 aliphatic carbocycles. The second-order valence-electron chi connectivity index (χ2n) is 4.19. The first-order valence-electron chi connectivity index (χ1n) is 5.27. The fourth-order valence-electron chi connectivity index (χ4n) is 1.74. The van der Waals surface area contributed by atoms with Gasteiger partial charge in [-0.15, -0.1) is 0 Å². The van der Waals surface area contributed by atoms with Crippen LogP contribution in [-0.2, 0) is 0 Å². The Morgan fingerprint density at radius 1 is 1.31 bits per heavy atom. The molecule has 2 rings (SSSR count). The van der Waals surface area contributed by atoms with Crippen LogP contribution in [-0.4, -0.2) is 10.9 Å². The van der Waals surface area contributed by atoms with Crippen LogP contribution in [0.2, 0.25) is 0 Å². The van der Waals surface area contributed by atoms with Gasteiger partial charge < -0.3 is 5.73 Å². The summed E-state index contributed by atoms with van der Waals surface area (Å²) >= 11 is 0. The third-order valence-corrected chi connectivity index (χ3v) is 2.72. The molecule has 1 aromatic carbocycles. The molecule has 2 N–H and O–H groups in total. The number of benzene rings is 1. The van der Waals surface area contributed by atoms with Gasteiger partial charge >= 0.3 is 0 Å². The van der Waals surface area contributed by atoms with Crippen molar-refractivity contribution >= 4 is 16.7 Å². The number of nitrogens with zero attached hydrogens (tertiary/aromatic N) is 1. The van der Waals surface area contributed by atoms with Crippen molar-refractivity contribution < 1.29 is 4.79 Å². The van der Waals surface area contributed by atoms with Crippen molar-refractivity contribution in [1.82, 2.24) is 4.98 Å². The highest BCUT2D eigenvalue weighted by atomic mass is 16.1. The van der Waals surface area contributed by atoms with E-state index in [-0.39, 0.29) is 0 Å². The van der Waals surface area contributed by atoms with Crippen LogP contribution in [0.3, 0.4) is 0 Å². The first kappa shape index (κ1) is 10.6. The molecule has 1 aromatic heterocycles. The van der Waals surface area contributed by atoms with Crippen molar-refractivity contribution in [2.45, 2.75) is 19.8 Å². The van der Waals surface area contributed by atoms with E-state index in [1.807, 2.05) is 12.1 Å². The summed E-state index contributed by atoms with van der Waals surface area (Å²) in [6.07, 6.45) is 3.26. The molecule has 16 heavy (non-hydrogen) atoms. The number of aromatic nitrogens is 1. The maximum Gasteiger partial charge on any atom is 0.250 e. The Balaban J connectivity index is 2.73. The molecule has 0 spiro atoms. The van der Waals surface area contributed by atoms with E-state index in [2.05, 4.69) is 24.9 Å². The van der Waals surface area contributed by atoms with E-state index in [0.29, 0.717) is 11.5 Å². The summed E-state index contributed by atoms with van der Waals surface area (Å²) in [5.41, 5.74) is 7.01. The monoisotopic (exact) mass is 214 g/mol. The lowest BCUT2D eigenvalue weighted by Crippen LogP contribution is -2.11. The SMILES string of the molecule is CC(C)c1ccc2cncc(C(N)=O)c2c1. The van der Waals surface area contributed by atoms with E-state index in [1.165, 1.54) is 11.8 Å². The highest BCUT2D eigenvalue weighted by molar-refractivity contribution is 6.05. The highest BCUT2D eigenvalue weighted by Gasteiger charge is 2.08. The van der Waals surface area contributed by atoms with Gasteiger partial charge in [0.25, 0.3) is 5.91 Å². The van der Waals surface area contributed by atoms with E-state index in [0.717, 1.165) is 10.8 Å². The summed E-state index contributed by atoms with van der Waals surface area (Å²) in [6, 6.07) is 6.05. The minimum Gasteiger partial charge on any atom is -0.366 e. The van der Waals surface area contributed by atoms with Gasteiger partial charge in [-0.2, -0.15) is 0 Å². The molecule has 0 aliphatic rings. The Kier molecular flexibility index (Phi) is 2.60. The van der Waals surface area contributed by atoms with Gasteiger partial charge in [0.1, 0.15) is 0 Å². The number of nitrogens with two attached hydrogens (primary N) is 1. The standard InChI is InChI=1S/C13H14N2O/c1-8(2)9-3-4-10-6-15-7-12(13(14)16)11(10)5-9/h3-8H,1-2H3,(H2,14,16). The van der Waals surface area contributed by atoms with Crippen LogP contribution in [0.15, 0.2) is 30.6 Å². The van der Waals surface area contributed by atoms with Gasteiger partial charge in [0.2, 0.25) is 0 Å². The molecule has 82 valence electrons. The number of hydrogen-bond acceptors (Lipinski definition) is 2. The van der Waals surface area contributed by atoms with Crippen molar-refractivity contribution in [1.29, 1.82) is 0 Å². The third-order valence-electron chi connectivity index (χ3n) is 2.72. The van der Waals surface area contributed by atoms with E-state index in [1.54, 1.807) is 6.20 Å². The first-order chi connectivity index (χ1) is 7.59. The summed E-state index contributed by atoms with van der Waals surface area (Å²) < 4.78 is 0. The quantitative estimate of drug-likeness (QED) is 0.834. The van der Waals surface area contributed by atoms with Gasteiger partial charge in [-0.25, -0.2) is 0 Å². The lowest BCUT2D eigenvalue weighted by atomic mass is 9.98. The molecule has 0 unspecified atom stereocenters. The minimum absolute atomic E-state index is 0.429. The Morgan fingerprint density at radius 2 is 2.06 bits per heavy atom. The topological polar surface area (TPSA) is 56.0 Å². The molecular weight excluding hydrogens is 200 g/mol. The summed E-state index contributed by atoms with van der Waals surface area (Å²) in [5.74, 6) is -0.00250. The number of carbonyl (C=O) groups excluding carboxylic acids is 1. The molecule has 3 nitrogen and oxygen atoms in total. The Bertz CT molecular complexity index is 547. The van der Waals surface area contributed by atoms with E-state index in [4.69, 9.17) is 5.73 Å². The maximum absolute atomic E-state index is 11.3. The van der Waals surface area contributed by atoms with E-state index < -0.39 is 5.91 Å². The molecule has 0 saturated heterocycles. The van der Waals surface area contributed by atoms with Crippen LogP contribution < -0.4 is 5.73 Å². The summed E-state index contributed by atoms with van der Waals surface area (Å²) in [4.78, 5) is 15.3. The summed E-state index contributed by atoms with van der Waals surface area (Å²) in [5, 5.41) is 1.83. The summed E-state index contributed by atoms with van der Waals surface area (Å²) in [6.45, 7) is 4.23. The average molecular weight is 214 g/mol. The molecule has 3 heteroatoms. The van der Waals surface area contributed by atoms with Crippen LogP contribution in [0.25, 0.3) is 10.8 Å². The van der Waals surface area contributed by atoms with Crippen molar-refractivity contribution in [3.8, 4) is 0 Å². The normalized spacial score (nSPS) is 10.9. The van der Waals surface area contributed by atoms with Gasteiger partial charge in [-0.05, 0) is 22.9 Å². The number of hydrogen-bond donors (Lipinski definition) is 1. The Morgan fingerprint density at radius 3 is 2.69 bits per heavy atom. The molecular formula is C13H14N2O. The van der Waals surface area contributed by atoms with Gasteiger partial charge in [0, 0.05) is 17.8 Å². The molecule has 0 aliphatic heterocycles. The van der Waals surface area contributed by atoms with Crippen LogP contribution >= 0.6 is 0 Å². The second-order valence-corrected chi connectivity index (χ2v) is 4.19. The van der Waals surface area contributed by atoms with Crippen LogP contribution in [0.1, 0.15) is 35.7 Å². The zero-order valence-electron chi connectivity index (χ0n) is 9.40. The van der Waals surface area contributed by atoms with Gasteiger partial charge in [0.15, 0.2) is 0 Å². The number of fused-ring (bicyclic) bond motifs is 1. The van der Waals surface area contributed by atoms with Crippen molar-refractivity contribution in [2.24, 2.45) is 5.73 Å². The highest BCUT2D eigenvalue weighted by Crippen LogP contribution is 2.23. The number of rotatable bonds is 2. The van der Waals surface area contributed by atoms with Crippen LogP contribution in [0.5, 0.6) is 0 Å². The lowest BCUT2D eigenvalue weighted by Gasteiger charge is -2.08. The Labute approximate surface area is 94.3 Å². The predicted octanol–water partition coefficient (Wildman–Crippen LogP) is 2.46. The van der Waals surface area contributed by atoms with Gasteiger partial charge in [0.05, 0.1) is 5.56 Å². The van der Waals surface area contributed by atoms with Crippen LogP contribution in [0, 0.1) is 0 Å². The number of amides is 1. The zero-order valence-corrected chi connectivity index (χ0v) is 9.40. The fourth-order valence-corrected chi connectivity index (χ4v) is 1.74. The average Bonchev–Trinajstić information content (AvgIpc) is 2.27. The smallest absolute Gasteiger partial charge is 0.250 e. The molecule has 0 saturated carbocycles. The van der Waals surface area contributed by atoms with Crippen molar-refractivity contribution in [3.63, 3.8) is 0 Å². The molecule has 0 bridgehead atoms. The summed E-state index contributed by atoms with van der Waals surface area (Å²) in [7, 11) is 0. The first-order valence-corrected chi connectivity index (χ1v) is 5.27.